The molecule has 0 radical (unpaired) electrons. The number of carboxylic acid groups (broad SMARTS) is 1. The fraction of sp³-hybridized carbons (Fsp3) is 0.467. The summed E-state index contributed by atoms with van der Waals surface area (Å²) in [6.07, 6.45) is 2.18. The Kier molecular flexibility index (Phi) is 5.59. The number of nitrogens with one attached hydrogen (secondary N) is 1. The molecule has 0 saturated carbocycles. The van der Waals surface area contributed by atoms with E-state index in [-0.39, 0.29) is 6.54 Å². The Morgan fingerprint density at radius 2 is 2.33 bits per heavy atom. The number of benzene rings is 1. The summed E-state index contributed by atoms with van der Waals surface area (Å²) >= 11 is 3.44. The number of aliphatic carboxylic acids is 1. The number of carbonyl (C=O) groups is 1. The van der Waals surface area contributed by atoms with Crippen LogP contribution in [0.2, 0.25) is 0 Å². The van der Waals surface area contributed by atoms with Crippen molar-refractivity contribution in [3.8, 4) is 6.07 Å². The lowest BCUT2D eigenvalue weighted by atomic mass is 9.97. The third-order valence-electron chi connectivity index (χ3n) is 3.61. The molecule has 2 N–H and O–H groups in total. The van der Waals surface area contributed by atoms with E-state index in [4.69, 9.17) is 10.4 Å². The molecule has 1 saturated heterocycles. The molecule has 1 aromatic carbocycles. The van der Waals surface area contributed by atoms with Crippen LogP contribution in [0.5, 0.6) is 0 Å². The van der Waals surface area contributed by atoms with Gasteiger partial charge in [-0.2, -0.15) is 5.26 Å². The highest BCUT2D eigenvalue weighted by atomic mass is 79.9. The largest absolute Gasteiger partial charge is 0.480 e. The third kappa shape index (κ3) is 4.73. The van der Waals surface area contributed by atoms with Gasteiger partial charge in [0, 0.05) is 29.8 Å². The number of rotatable bonds is 5. The third-order valence-corrected chi connectivity index (χ3v) is 4.06. The fourth-order valence-corrected chi connectivity index (χ4v) is 3.15. The average Bonchev–Trinajstić information content (AvgIpc) is 2.46. The molecule has 0 spiro atoms. The molecule has 0 aliphatic carbocycles. The second-order valence-corrected chi connectivity index (χ2v) is 6.20. The second-order valence-electron chi connectivity index (χ2n) is 5.29. The molecular weight excluding hydrogens is 334 g/mol. The van der Waals surface area contributed by atoms with Gasteiger partial charge in [-0.05, 0) is 37.0 Å². The smallest absolute Gasteiger partial charge is 0.317 e. The van der Waals surface area contributed by atoms with Gasteiger partial charge in [0.15, 0.2) is 0 Å². The van der Waals surface area contributed by atoms with Crippen LogP contribution in [0.1, 0.15) is 18.4 Å². The van der Waals surface area contributed by atoms with Gasteiger partial charge < -0.3 is 15.3 Å². The minimum Gasteiger partial charge on any atom is -0.480 e. The van der Waals surface area contributed by atoms with Crippen LogP contribution in [-0.2, 0) is 4.79 Å². The summed E-state index contributed by atoms with van der Waals surface area (Å²) in [7, 11) is 0. The van der Waals surface area contributed by atoms with E-state index in [0.717, 1.165) is 36.1 Å². The summed E-state index contributed by atoms with van der Waals surface area (Å²) in [5.74, 6) is -0.393. The predicted octanol–water partition coefficient (Wildman–Crippen LogP) is 2.21. The van der Waals surface area contributed by atoms with E-state index < -0.39 is 5.97 Å². The molecule has 1 heterocycles. The molecule has 1 aromatic rings. The molecule has 1 atom stereocenters. The van der Waals surface area contributed by atoms with Gasteiger partial charge >= 0.3 is 5.97 Å². The molecule has 0 bridgehead atoms. The van der Waals surface area contributed by atoms with Gasteiger partial charge in [0.05, 0.1) is 18.2 Å². The Balaban J connectivity index is 1.99. The minimum atomic E-state index is -0.826. The van der Waals surface area contributed by atoms with Gasteiger partial charge in [0.2, 0.25) is 0 Å². The van der Waals surface area contributed by atoms with Crippen molar-refractivity contribution in [3.63, 3.8) is 0 Å². The molecule has 1 aliphatic rings. The van der Waals surface area contributed by atoms with Crippen molar-refractivity contribution in [1.29, 1.82) is 5.26 Å². The highest BCUT2D eigenvalue weighted by Crippen LogP contribution is 2.27. The fourth-order valence-electron chi connectivity index (χ4n) is 2.67. The molecule has 6 heteroatoms. The summed E-state index contributed by atoms with van der Waals surface area (Å²) in [4.78, 5) is 12.8. The van der Waals surface area contributed by atoms with Crippen molar-refractivity contribution in [1.82, 2.24) is 5.32 Å². The highest BCUT2D eigenvalue weighted by Gasteiger charge is 2.20. The molecule has 1 fully saturated rings. The first kappa shape index (κ1) is 15.8. The molecule has 5 nitrogen and oxygen atoms in total. The average molecular weight is 352 g/mol. The molecule has 2 rings (SSSR count). The van der Waals surface area contributed by atoms with Crippen molar-refractivity contribution in [2.45, 2.75) is 12.8 Å². The number of anilines is 1. The van der Waals surface area contributed by atoms with Crippen LogP contribution in [0, 0.1) is 17.2 Å². The topological polar surface area (TPSA) is 76.4 Å². The van der Waals surface area contributed by atoms with E-state index >= 15 is 0 Å². The number of halogens is 1. The zero-order chi connectivity index (χ0) is 15.2. The monoisotopic (exact) mass is 351 g/mol. The maximum atomic E-state index is 10.5. The van der Waals surface area contributed by atoms with Crippen LogP contribution in [0.4, 0.5) is 5.69 Å². The molecule has 112 valence electrons. The summed E-state index contributed by atoms with van der Waals surface area (Å²) < 4.78 is 0.905. The zero-order valence-corrected chi connectivity index (χ0v) is 13.3. The number of piperidine rings is 1. The molecule has 1 unspecified atom stereocenters. The molecule has 0 aromatic heterocycles. The van der Waals surface area contributed by atoms with Crippen molar-refractivity contribution in [2.24, 2.45) is 5.92 Å². The number of nitriles is 1. The Labute approximate surface area is 132 Å². The molecular formula is C15H18BrN3O2. The SMILES string of the molecule is N#Cc1cc(Br)cc(N2CCCC(CNCC(=O)O)C2)c1. The van der Waals surface area contributed by atoms with Crippen molar-refractivity contribution < 1.29 is 9.90 Å². The first-order valence-corrected chi connectivity index (χ1v) is 7.76. The van der Waals surface area contributed by atoms with Crippen molar-refractivity contribution >= 4 is 27.6 Å². The number of hydrogen-bond donors (Lipinski definition) is 2. The van der Waals surface area contributed by atoms with Gasteiger partial charge in [0.1, 0.15) is 0 Å². The second kappa shape index (κ2) is 7.43. The summed E-state index contributed by atoms with van der Waals surface area (Å²) in [5, 5.41) is 20.7. The Morgan fingerprint density at radius 1 is 1.52 bits per heavy atom. The van der Waals surface area contributed by atoms with Crippen LogP contribution >= 0.6 is 15.9 Å². The highest BCUT2D eigenvalue weighted by molar-refractivity contribution is 9.10. The Bertz CT molecular complexity index is 556. The summed E-state index contributed by atoms with van der Waals surface area (Å²) in [6.45, 7) is 2.57. The van der Waals surface area contributed by atoms with Crippen LogP contribution in [0.3, 0.4) is 0 Å². The van der Waals surface area contributed by atoms with Gasteiger partial charge in [-0.1, -0.05) is 15.9 Å². The minimum absolute atomic E-state index is 0.00592. The Hall–Kier alpha value is -1.58. The van der Waals surface area contributed by atoms with E-state index in [1.807, 2.05) is 12.1 Å². The van der Waals surface area contributed by atoms with E-state index in [2.05, 4.69) is 32.2 Å². The lowest BCUT2D eigenvalue weighted by molar-refractivity contribution is -0.136. The van der Waals surface area contributed by atoms with Gasteiger partial charge in [-0.3, -0.25) is 4.79 Å². The molecule has 21 heavy (non-hydrogen) atoms. The van der Waals surface area contributed by atoms with E-state index in [1.54, 1.807) is 6.07 Å². The van der Waals surface area contributed by atoms with Gasteiger partial charge in [0.25, 0.3) is 0 Å². The van der Waals surface area contributed by atoms with Gasteiger partial charge in [-0.25, -0.2) is 0 Å². The van der Waals surface area contributed by atoms with E-state index in [9.17, 15) is 4.79 Å². The normalized spacial score (nSPS) is 18.3. The Morgan fingerprint density at radius 3 is 3.05 bits per heavy atom. The first-order chi connectivity index (χ1) is 10.1. The summed E-state index contributed by atoms with van der Waals surface area (Å²) in [6, 6.07) is 7.90. The van der Waals surface area contributed by atoms with Crippen molar-refractivity contribution in [2.75, 3.05) is 31.1 Å². The quantitative estimate of drug-likeness (QED) is 0.850. The zero-order valence-electron chi connectivity index (χ0n) is 11.7. The lowest BCUT2D eigenvalue weighted by Gasteiger charge is -2.34. The maximum absolute atomic E-state index is 10.5. The van der Waals surface area contributed by atoms with Crippen LogP contribution in [0.25, 0.3) is 0 Å². The van der Waals surface area contributed by atoms with Crippen LogP contribution in [-0.4, -0.2) is 37.3 Å². The maximum Gasteiger partial charge on any atom is 0.317 e. The number of carboxylic acids is 1. The lowest BCUT2D eigenvalue weighted by Crippen LogP contribution is -2.40. The van der Waals surface area contributed by atoms with Crippen LogP contribution < -0.4 is 10.2 Å². The predicted molar refractivity (Wildman–Crippen MR) is 84.3 cm³/mol. The standard InChI is InChI=1S/C15H18BrN3O2/c16-13-4-12(7-17)5-14(6-13)19-3-1-2-11(10-19)8-18-9-15(20)21/h4-6,11,18H,1-3,8-10H2,(H,20,21). The number of hydrogen-bond acceptors (Lipinski definition) is 4. The molecule has 0 amide bonds. The molecule has 1 aliphatic heterocycles. The summed E-state index contributed by atoms with van der Waals surface area (Å²) in [5.41, 5.74) is 1.69. The van der Waals surface area contributed by atoms with E-state index in [0.29, 0.717) is 18.0 Å². The van der Waals surface area contributed by atoms with Crippen molar-refractivity contribution in [3.05, 3.63) is 28.2 Å². The van der Waals surface area contributed by atoms with E-state index in [1.165, 1.54) is 0 Å². The number of nitrogens with zero attached hydrogens (tertiary/aromatic N) is 2. The van der Waals surface area contributed by atoms with Gasteiger partial charge in [-0.15, -0.1) is 0 Å². The van der Waals surface area contributed by atoms with Crippen LogP contribution in [0.15, 0.2) is 22.7 Å². The first-order valence-electron chi connectivity index (χ1n) is 6.96.